The molecule has 2 aromatic carbocycles. The Hall–Kier alpha value is -1.54. The van der Waals surface area contributed by atoms with Crippen LogP contribution >= 0.6 is 0 Å². The lowest BCUT2D eigenvalue weighted by molar-refractivity contribution is 0.247. The fraction of sp³-hybridized carbons (Fsp3) is 0.375. The average molecular weight is 242 g/mol. The van der Waals surface area contributed by atoms with E-state index in [4.69, 9.17) is 4.74 Å². The molecule has 2 nitrogen and oxygen atoms in total. The van der Waals surface area contributed by atoms with Crippen molar-refractivity contribution in [1.29, 1.82) is 0 Å². The minimum atomic E-state index is 0.00805. The third-order valence-corrected chi connectivity index (χ3v) is 4.36. The Labute approximate surface area is 107 Å². The van der Waals surface area contributed by atoms with Gasteiger partial charge in [-0.3, -0.25) is 0 Å². The highest BCUT2D eigenvalue weighted by atomic mass is 16.5. The molecule has 0 bridgehead atoms. The summed E-state index contributed by atoms with van der Waals surface area (Å²) in [5, 5.41) is 12.0. The molecule has 1 aliphatic carbocycles. The van der Waals surface area contributed by atoms with Crippen LogP contribution in [0.15, 0.2) is 36.4 Å². The molecule has 2 atom stereocenters. The van der Waals surface area contributed by atoms with E-state index in [-0.39, 0.29) is 12.0 Å². The Kier molecular flexibility index (Phi) is 2.56. The summed E-state index contributed by atoms with van der Waals surface area (Å²) < 4.78 is 5.23. The summed E-state index contributed by atoms with van der Waals surface area (Å²) in [7, 11) is 1.68. The first-order valence-corrected chi connectivity index (χ1v) is 6.39. The van der Waals surface area contributed by atoms with Gasteiger partial charge in [-0.15, -0.1) is 0 Å². The standard InChI is InChI=1S/C16H18O2/c1-11-9-16(11,10-17)14-5-3-13-8-15(18-2)6-4-12(13)7-14/h3-8,11,17H,9-10H2,1-2H3. The van der Waals surface area contributed by atoms with Crippen LogP contribution in [0.2, 0.25) is 0 Å². The van der Waals surface area contributed by atoms with Crippen molar-refractivity contribution in [3.8, 4) is 5.75 Å². The largest absolute Gasteiger partial charge is 0.497 e. The van der Waals surface area contributed by atoms with E-state index in [9.17, 15) is 5.11 Å². The normalized spacial score (nSPS) is 26.3. The van der Waals surface area contributed by atoms with Gasteiger partial charge in [0, 0.05) is 5.41 Å². The van der Waals surface area contributed by atoms with E-state index in [1.165, 1.54) is 16.3 Å². The number of rotatable bonds is 3. The lowest BCUT2D eigenvalue weighted by Crippen LogP contribution is -2.14. The van der Waals surface area contributed by atoms with Gasteiger partial charge in [0.05, 0.1) is 13.7 Å². The van der Waals surface area contributed by atoms with E-state index in [0.29, 0.717) is 5.92 Å². The Bertz CT molecular complexity index is 587. The van der Waals surface area contributed by atoms with Gasteiger partial charge in [-0.25, -0.2) is 0 Å². The Morgan fingerprint density at radius 3 is 2.50 bits per heavy atom. The monoisotopic (exact) mass is 242 g/mol. The van der Waals surface area contributed by atoms with Crippen molar-refractivity contribution in [1.82, 2.24) is 0 Å². The molecule has 1 fully saturated rings. The second-order valence-corrected chi connectivity index (χ2v) is 5.35. The van der Waals surface area contributed by atoms with Gasteiger partial charge in [0.25, 0.3) is 0 Å². The molecule has 2 unspecified atom stereocenters. The highest BCUT2D eigenvalue weighted by Gasteiger charge is 2.51. The molecule has 3 rings (SSSR count). The van der Waals surface area contributed by atoms with Gasteiger partial charge in [0.2, 0.25) is 0 Å². The molecular weight excluding hydrogens is 224 g/mol. The SMILES string of the molecule is COc1ccc2cc(C3(CO)CC3C)ccc2c1. The van der Waals surface area contributed by atoms with E-state index < -0.39 is 0 Å². The molecular formula is C16H18O2. The quantitative estimate of drug-likeness (QED) is 0.896. The van der Waals surface area contributed by atoms with Crippen LogP contribution in [0.1, 0.15) is 18.9 Å². The highest BCUT2D eigenvalue weighted by molar-refractivity contribution is 5.85. The van der Waals surface area contributed by atoms with Crippen molar-refractivity contribution >= 4 is 10.8 Å². The zero-order valence-electron chi connectivity index (χ0n) is 10.8. The number of aliphatic hydroxyl groups is 1. The van der Waals surface area contributed by atoms with Gasteiger partial charge in [0.15, 0.2) is 0 Å². The summed E-state index contributed by atoms with van der Waals surface area (Å²) in [6, 6.07) is 12.6. The minimum absolute atomic E-state index is 0.00805. The van der Waals surface area contributed by atoms with Crippen LogP contribution in [0.25, 0.3) is 10.8 Å². The van der Waals surface area contributed by atoms with Gasteiger partial charge in [-0.05, 0) is 40.8 Å². The van der Waals surface area contributed by atoms with Crippen LogP contribution in [-0.4, -0.2) is 18.8 Å². The molecule has 0 aromatic heterocycles. The summed E-state index contributed by atoms with van der Waals surface area (Å²) in [5.41, 5.74) is 1.27. The maximum Gasteiger partial charge on any atom is 0.119 e. The van der Waals surface area contributed by atoms with E-state index in [1.807, 2.05) is 12.1 Å². The molecule has 0 spiro atoms. The summed E-state index contributed by atoms with van der Waals surface area (Å²) in [6.45, 7) is 2.45. The number of fused-ring (bicyclic) bond motifs is 1. The second-order valence-electron chi connectivity index (χ2n) is 5.35. The van der Waals surface area contributed by atoms with Crippen molar-refractivity contribution < 1.29 is 9.84 Å². The topological polar surface area (TPSA) is 29.5 Å². The number of hydrogen-bond acceptors (Lipinski definition) is 2. The molecule has 2 aromatic rings. The molecule has 0 heterocycles. The van der Waals surface area contributed by atoms with Crippen LogP contribution in [-0.2, 0) is 5.41 Å². The summed E-state index contributed by atoms with van der Waals surface area (Å²) in [4.78, 5) is 0. The maximum atomic E-state index is 9.61. The van der Waals surface area contributed by atoms with Crippen LogP contribution in [0.4, 0.5) is 0 Å². The minimum Gasteiger partial charge on any atom is -0.497 e. The predicted molar refractivity (Wildman–Crippen MR) is 73.0 cm³/mol. The molecule has 18 heavy (non-hydrogen) atoms. The third kappa shape index (κ3) is 1.60. The average Bonchev–Trinajstić information content (AvgIpc) is 3.09. The fourth-order valence-corrected chi connectivity index (χ4v) is 2.86. The lowest BCUT2D eigenvalue weighted by atomic mass is 9.92. The van der Waals surface area contributed by atoms with Crippen LogP contribution in [0, 0.1) is 5.92 Å². The third-order valence-electron chi connectivity index (χ3n) is 4.36. The first-order chi connectivity index (χ1) is 8.69. The second kappa shape index (κ2) is 3.99. The number of aliphatic hydroxyl groups excluding tert-OH is 1. The van der Waals surface area contributed by atoms with Gasteiger partial charge in [-0.1, -0.05) is 31.2 Å². The molecule has 0 amide bonds. The first-order valence-electron chi connectivity index (χ1n) is 6.39. The van der Waals surface area contributed by atoms with Gasteiger partial charge in [-0.2, -0.15) is 0 Å². The van der Waals surface area contributed by atoms with Crippen LogP contribution in [0.5, 0.6) is 5.75 Å². The van der Waals surface area contributed by atoms with Gasteiger partial charge < -0.3 is 9.84 Å². The zero-order valence-corrected chi connectivity index (χ0v) is 10.8. The van der Waals surface area contributed by atoms with Crippen molar-refractivity contribution in [2.45, 2.75) is 18.8 Å². The molecule has 1 N–H and O–H groups in total. The maximum absolute atomic E-state index is 9.61. The zero-order chi connectivity index (χ0) is 12.8. The molecule has 94 valence electrons. The first kappa shape index (κ1) is 11.5. The number of benzene rings is 2. The van der Waals surface area contributed by atoms with E-state index in [0.717, 1.165) is 12.2 Å². The van der Waals surface area contributed by atoms with E-state index >= 15 is 0 Å². The molecule has 1 saturated carbocycles. The predicted octanol–water partition coefficient (Wildman–Crippen LogP) is 3.12. The summed E-state index contributed by atoms with van der Waals surface area (Å²) in [6.07, 6.45) is 1.09. The molecule has 1 aliphatic rings. The van der Waals surface area contributed by atoms with Crippen molar-refractivity contribution in [3.63, 3.8) is 0 Å². The van der Waals surface area contributed by atoms with E-state index in [1.54, 1.807) is 7.11 Å². The molecule has 0 radical (unpaired) electrons. The molecule has 0 saturated heterocycles. The Morgan fingerprint density at radius 2 is 1.89 bits per heavy atom. The van der Waals surface area contributed by atoms with Gasteiger partial charge >= 0.3 is 0 Å². The van der Waals surface area contributed by atoms with Crippen molar-refractivity contribution in [3.05, 3.63) is 42.0 Å². The lowest BCUT2D eigenvalue weighted by Gasteiger charge is -2.15. The number of ether oxygens (including phenoxy) is 1. The van der Waals surface area contributed by atoms with E-state index in [2.05, 4.69) is 31.2 Å². The summed E-state index contributed by atoms with van der Waals surface area (Å²) in [5.74, 6) is 1.46. The van der Waals surface area contributed by atoms with Gasteiger partial charge in [0.1, 0.15) is 5.75 Å². The van der Waals surface area contributed by atoms with Crippen molar-refractivity contribution in [2.75, 3.05) is 13.7 Å². The van der Waals surface area contributed by atoms with Crippen LogP contribution < -0.4 is 4.74 Å². The fourth-order valence-electron chi connectivity index (χ4n) is 2.86. The smallest absolute Gasteiger partial charge is 0.119 e. The number of methoxy groups -OCH3 is 1. The Balaban J connectivity index is 2.07. The Morgan fingerprint density at radius 1 is 1.22 bits per heavy atom. The summed E-state index contributed by atoms with van der Waals surface area (Å²) >= 11 is 0. The molecule has 2 heteroatoms. The van der Waals surface area contributed by atoms with Crippen LogP contribution in [0.3, 0.4) is 0 Å². The van der Waals surface area contributed by atoms with Crippen molar-refractivity contribution in [2.24, 2.45) is 5.92 Å². The number of hydrogen-bond donors (Lipinski definition) is 1. The molecule has 0 aliphatic heterocycles. The highest BCUT2D eigenvalue weighted by Crippen LogP contribution is 2.53.